The fraction of sp³-hybridized carbons (Fsp3) is 0.308. The van der Waals surface area contributed by atoms with Crippen LogP contribution in [0.5, 0.6) is 0 Å². The van der Waals surface area contributed by atoms with Gasteiger partial charge >= 0.3 is 0 Å². The van der Waals surface area contributed by atoms with Crippen molar-refractivity contribution < 1.29 is 9.90 Å². The number of aliphatic hydroxyl groups is 1. The third-order valence-electron chi connectivity index (χ3n) is 2.42. The highest BCUT2D eigenvalue weighted by atomic mass is 32.1. The van der Waals surface area contributed by atoms with E-state index in [2.05, 4.69) is 27.2 Å². The summed E-state index contributed by atoms with van der Waals surface area (Å²) < 4.78 is 1.46. The zero-order chi connectivity index (χ0) is 14.2. The first kappa shape index (κ1) is 14.2. The van der Waals surface area contributed by atoms with E-state index in [0.717, 1.165) is 10.4 Å². The number of hydrogen-bond acceptors (Lipinski definition) is 5. The van der Waals surface area contributed by atoms with Crippen molar-refractivity contribution in [2.45, 2.75) is 19.5 Å². The number of rotatable bonds is 5. The van der Waals surface area contributed by atoms with E-state index in [9.17, 15) is 4.79 Å². The first-order valence-corrected chi connectivity index (χ1v) is 6.93. The molecule has 2 aromatic heterocycles. The second-order valence-corrected chi connectivity index (χ2v) is 4.90. The molecule has 0 atom stereocenters. The lowest BCUT2D eigenvalue weighted by Crippen LogP contribution is -2.27. The monoisotopic (exact) mass is 290 g/mol. The zero-order valence-electron chi connectivity index (χ0n) is 10.7. The lowest BCUT2D eigenvalue weighted by molar-refractivity contribution is -0.122. The number of amides is 1. The number of aromatic nitrogens is 3. The molecule has 0 bridgehead atoms. The minimum Gasteiger partial charge on any atom is -0.395 e. The lowest BCUT2D eigenvalue weighted by atomic mass is 10.2. The Hall–Kier alpha value is -2.17. The average molecular weight is 290 g/mol. The van der Waals surface area contributed by atoms with Crippen molar-refractivity contribution in [3.8, 4) is 11.8 Å². The van der Waals surface area contributed by atoms with Gasteiger partial charge in [-0.3, -0.25) is 4.79 Å². The number of carbonyl (C=O) groups is 1. The van der Waals surface area contributed by atoms with E-state index < -0.39 is 0 Å². The van der Waals surface area contributed by atoms with E-state index in [-0.39, 0.29) is 19.1 Å². The molecule has 20 heavy (non-hydrogen) atoms. The fourth-order valence-electron chi connectivity index (χ4n) is 1.50. The minimum atomic E-state index is -0.127. The molecule has 0 radical (unpaired) electrons. The molecule has 0 aromatic carbocycles. The van der Waals surface area contributed by atoms with Crippen LogP contribution in [0, 0.1) is 11.8 Å². The molecule has 104 valence electrons. The van der Waals surface area contributed by atoms with Crippen molar-refractivity contribution in [2.24, 2.45) is 0 Å². The molecule has 0 unspecified atom stereocenters. The van der Waals surface area contributed by atoms with Crippen molar-refractivity contribution in [2.75, 3.05) is 6.61 Å². The van der Waals surface area contributed by atoms with Crippen LogP contribution in [0.2, 0.25) is 0 Å². The Morgan fingerprint density at radius 3 is 3.20 bits per heavy atom. The van der Waals surface area contributed by atoms with Crippen LogP contribution in [-0.2, 0) is 17.9 Å². The predicted octanol–water partition coefficient (Wildman–Crippen LogP) is 0.390. The summed E-state index contributed by atoms with van der Waals surface area (Å²) in [7, 11) is 0. The SMILES string of the molecule is O=C(Cn1cncn1)NCc1sccc1C#CCCO. The minimum absolute atomic E-state index is 0.0567. The quantitative estimate of drug-likeness (QED) is 0.781. The van der Waals surface area contributed by atoms with Crippen LogP contribution in [0.4, 0.5) is 0 Å². The second kappa shape index (κ2) is 7.43. The highest BCUT2D eigenvalue weighted by Crippen LogP contribution is 2.15. The third kappa shape index (κ3) is 4.19. The van der Waals surface area contributed by atoms with Crippen molar-refractivity contribution in [3.05, 3.63) is 34.5 Å². The fourth-order valence-corrected chi connectivity index (χ4v) is 2.27. The summed E-state index contributed by atoms with van der Waals surface area (Å²) in [6.07, 6.45) is 3.34. The van der Waals surface area contributed by atoms with Gasteiger partial charge in [0.15, 0.2) is 0 Å². The normalized spacial score (nSPS) is 9.85. The zero-order valence-corrected chi connectivity index (χ0v) is 11.6. The Kier molecular flexibility index (Phi) is 5.29. The molecule has 0 spiro atoms. The maximum Gasteiger partial charge on any atom is 0.242 e. The second-order valence-electron chi connectivity index (χ2n) is 3.90. The topological polar surface area (TPSA) is 80.0 Å². The smallest absolute Gasteiger partial charge is 0.242 e. The lowest BCUT2D eigenvalue weighted by Gasteiger charge is -2.04. The highest BCUT2D eigenvalue weighted by molar-refractivity contribution is 7.10. The van der Waals surface area contributed by atoms with Gasteiger partial charge in [0.1, 0.15) is 19.2 Å². The molecule has 2 heterocycles. The van der Waals surface area contributed by atoms with Gasteiger partial charge in [0.2, 0.25) is 5.91 Å². The Bertz CT molecular complexity index is 610. The molecule has 6 nitrogen and oxygen atoms in total. The summed E-state index contributed by atoms with van der Waals surface area (Å²) in [6.45, 7) is 0.645. The Morgan fingerprint density at radius 2 is 2.45 bits per heavy atom. The largest absolute Gasteiger partial charge is 0.395 e. The number of nitrogens with zero attached hydrogens (tertiary/aromatic N) is 3. The summed E-state index contributed by atoms with van der Waals surface area (Å²) in [6, 6.07) is 1.91. The number of nitrogens with one attached hydrogen (secondary N) is 1. The molecule has 0 aliphatic carbocycles. The molecule has 2 N–H and O–H groups in total. The number of aliphatic hydroxyl groups excluding tert-OH is 1. The van der Waals surface area contributed by atoms with Crippen molar-refractivity contribution >= 4 is 17.2 Å². The highest BCUT2D eigenvalue weighted by Gasteiger charge is 2.06. The van der Waals surface area contributed by atoms with Crippen molar-refractivity contribution in [1.29, 1.82) is 0 Å². The van der Waals surface area contributed by atoms with Crippen molar-refractivity contribution in [3.63, 3.8) is 0 Å². The van der Waals surface area contributed by atoms with Gasteiger partial charge in [-0.15, -0.1) is 11.3 Å². The molecule has 0 saturated carbocycles. The van der Waals surface area contributed by atoms with E-state index in [1.165, 1.54) is 17.3 Å². The van der Waals surface area contributed by atoms with Gasteiger partial charge in [-0.25, -0.2) is 9.67 Å². The Labute approximate surface area is 120 Å². The molecule has 0 fully saturated rings. The standard InChI is InChI=1S/C13H14N4O2S/c18-5-2-1-3-11-4-6-20-12(11)7-15-13(19)8-17-10-14-9-16-17/h4,6,9-10,18H,2,5,7-8H2,(H,15,19). The third-order valence-corrected chi connectivity index (χ3v) is 3.34. The first-order valence-electron chi connectivity index (χ1n) is 6.05. The van der Waals surface area contributed by atoms with Crippen molar-refractivity contribution in [1.82, 2.24) is 20.1 Å². The van der Waals surface area contributed by atoms with E-state index in [4.69, 9.17) is 5.11 Å². The number of hydrogen-bond donors (Lipinski definition) is 2. The molecule has 0 aliphatic rings. The van der Waals surface area contributed by atoms with Crippen LogP contribution in [0.1, 0.15) is 16.9 Å². The van der Waals surface area contributed by atoms with Gasteiger partial charge < -0.3 is 10.4 Å². The molecule has 7 heteroatoms. The maximum absolute atomic E-state index is 11.7. The van der Waals surface area contributed by atoms with E-state index in [1.54, 1.807) is 11.3 Å². The number of carbonyl (C=O) groups excluding carboxylic acids is 1. The van der Waals surface area contributed by atoms with Gasteiger partial charge in [0.25, 0.3) is 0 Å². The van der Waals surface area contributed by atoms with Crippen LogP contribution >= 0.6 is 11.3 Å². The molecular formula is C13H14N4O2S. The summed E-state index contributed by atoms with van der Waals surface area (Å²) in [5.41, 5.74) is 0.893. The van der Waals surface area contributed by atoms with Gasteiger partial charge in [0, 0.05) is 16.9 Å². The van der Waals surface area contributed by atoms with Crippen LogP contribution in [0.3, 0.4) is 0 Å². The van der Waals surface area contributed by atoms with Gasteiger partial charge in [-0.05, 0) is 11.4 Å². The van der Waals surface area contributed by atoms with Crippen LogP contribution in [0.15, 0.2) is 24.1 Å². The molecular weight excluding hydrogens is 276 g/mol. The molecule has 0 saturated heterocycles. The van der Waals surface area contributed by atoms with Gasteiger partial charge in [-0.2, -0.15) is 5.10 Å². The van der Waals surface area contributed by atoms with E-state index >= 15 is 0 Å². The first-order chi connectivity index (χ1) is 9.79. The Morgan fingerprint density at radius 1 is 1.55 bits per heavy atom. The summed E-state index contributed by atoms with van der Waals surface area (Å²) in [4.78, 5) is 16.5. The Balaban J connectivity index is 1.86. The molecule has 2 aromatic rings. The van der Waals surface area contributed by atoms with E-state index in [0.29, 0.717) is 13.0 Å². The molecule has 1 amide bonds. The summed E-state index contributed by atoms with van der Waals surface area (Å²) in [5.74, 6) is 5.73. The maximum atomic E-state index is 11.7. The number of thiophene rings is 1. The van der Waals surface area contributed by atoms with Crippen LogP contribution < -0.4 is 5.32 Å². The van der Waals surface area contributed by atoms with Crippen LogP contribution in [0.25, 0.3) is 0 Å². The predicted molar refractivity (Wildman–Crippen MR) is 74.8 cm³/mol. The van der Waals surface area contributed by atoms with Crippen LogP contribution in [-0.4, -0.2) is 32.4 Å². The summed E-state index contributed by atoms with van der Waals surface area (Å²) >= 11 is 1.54. The van der Waals surface area contributed by atoms with E-state index in [1.807, 2.05) is 11.4 Å². The van der Waals surface area contributed by atoms with Gasteiger partial charge in [-0.1, -0.05) is 11.8 Å². The summed E-state index contributed by atoms with van der Waals surface area (Å²) in [5, 5.41) is 17.3. The molecule has 0 aliphatic heterocycles. The average Bonchev–Trinajstić information content (AvgIpc) is 3.08. The van der Waals surface area contributed by atoms with Gasteiger partial charge in [0.05, 0.1) is 13.2 Å². The molecule has 2 rings (SSSR count).